The summed E-state index contributed by atoms with van der Waals surface area (Å²) in [6.45, 7) is 10.6. The number of aromatic nitrogens is 6. The molecule has 62 heavy (non-hydrogen) atoms. The lowest BCUT2D eigenvalue weighted by molar-refractivity contribution is -0.139. The summed E-state index contributed by atoms with van der Waals surface area (Å²) in [4.78, 5) is 29.4. The molecular formula is C51H51N7O4. The highest BCUT2D eigenvalue weighted by Gasteiger charge is 2.43. The molecule has 1 aliphatic rings. The number of carbonyl (C=O) groups is 2. The first-order chi connectivity index (χ1) is 30.3. The molecular weight excluding hydrogens is 775 g/mol. The first-order valence-corrected chi connectivity index (χ1v) is 21.4. The molecule has 0 radical (unpaired) electrons. The molecule has 3 heterocycles. The number of carbonyl (C=O) groups excluding carboxylic acids is 2. The number of fused-ring (bicyclic) bond motifs is 1. The quantitative estimate of drug-likeness (QED) is 0.0736. The maximum absolute atomic E-state index is 13.9. The van der Waals surface area contributed by atoms with Crippen LogP contribution in [0.25, 0.3) is 22.5 Å². The zero-order valence-corrected chi connectivity index (χ0v) is 35.8. The smallest absolute Gasteiger partial charge is 0.343 e. The van der Waals surface area contributed by atoms with E-state index in [-0.39, 0.29) is 25.1 Å². The Bertz CT molecular complexity index is 2570. The summed E-state index contributed by atoms with van der Waals surface area (Å²) in [5.74, 6) is 0.370. The number of nitrogens with zero attached hydrogens (tertiary/aromatic N) is 7. The largest absolute Gasteiger partial charge is 0.463 e. The average Bonchev–Trinajstić information content (AvgIpc) is 3.98. The van der Waals surface area contributed by atoms with Crippen LogP contribution in [-0.4, -0.2) is 55.1 Å². The van der Waals surface area contributed by atoms with Crippen LogP contribution in [0, 0.1) is 5.92 Å². The van der Waals surface area contributed by atoms with Crippen LogP contribution in [0.15, 0.2) is 157 Å². The predicted octanol–water partition coefficient (Wildman–Crippen LogP) is 10.1. The van der Waals surface area contributed by atoms with E-state index < -0.39 is 17.6 Å². The monoisotopic (exact) mass is 825 g/mol. The Morgan fingerprint density at radius 1 is 0.694 bits per heavy atom. The fourth-order valence-electron chi connectivity index (χ4n) is 8.88. The number of hydrogen-bond donors (Lipinski definition) is 0. The first-order valence-electron chi connectivity index (χ1n) is 21.4. The lowest BCUT2D eigenvalue weighted by atomic mass is 9.77. The van der Waals surface area contributed by atoms with E-state index in [1.807, 2.05) is 78.3 Å². The summed E-state index contributed by atoms with van der Waals surface area (Å²) in [7, 11) is 0. The molecule has 0 aliphatic carbocycles. The second-order valence-corrected chi connectivity index (χ2v) is 15.6. The van der Waals surface area contributed by atoms with Crippen molar-refractivity contribution in [2.75, 3.05) is 18.1 Å². The van der Waals surface area contributed by atoms with Crippen molar-refractivity contribution in [3.05, 3.63) is 185 Å². The molecule has 11 nitrogen and oxygen atoms in total. The van der Waals surface area contributed by atoms with E-state index in [1.54, 1.807) is 17.8 Å². The topological polar surface area (TPSA) is 117 Å². The Morgan fingerprint density at radius 3 is 1.79 bits per heavy atom. The molecule has 1 aliphatic heterocycles. The van der Waals surface area contributed by atoms with Crippen molar-refractivity contribution >= 4 is 17.8 Å². The number of benzene rings is 5. The number of tetrazole rings is 1. The Balaban J connectivity index is 1.23. The van der Waals surface area contributed by atoms with Crippen LogP contribution in [-0.2, 0) is 26.4 Å². The summed E-state index contributed by atoms with van der Waals surface area (Å²) in [6, 6.07) is 47.2. The van der Waals surface area contributed by atoms with Gasteiger partial charge in [0.05, 0.1) is 31.0 Å². The highest BCUT2D eigenvalue weighted by Crippen LogP contribution is 2.45. The normalized spacial score (nSPS) is 13.9. The molecule has 0 N–H and O–H groups in total. The van der Waals surface area contributed by atoms with Crippen LogP contribution in [0.2, 0.25) is 0 Å². The van der Waals surface area contributed by atoms with Gasteiger partial charge in [-0.3, -0.25) is 0 Å². The minimum absolute atomic E-state index is 0.0179. The van der Waals surface area contributed by atoms with Crippen molar-refractivity contribution in [1.82, 2.24) is 30.0 Å². The van der Waals surface area contributed by atoms with E-state index in [9.17, 15) is 9.59 Å². The maximum Gasteiger partial charge on any atom is 0.343 e. The van der Waals surface area contributed by atoms with Gasteiger partial charge in [0.25, 0.3) is 0 Å². The van der Waals surface area contributed by atoms with Crippen molar-refractivity contribution in [2.24, 2.45) is 5.92 Å². The summed E-state index contributed by atoms with van der Waals surface area (Å²) in [5, 5.41) is 18.6. The van der Waals surface area contributed by atoms with Gasteiger partial charge in [-0.15, -0.1) is 5.10 Å². The molecule has 0 amide bonds. The standard InChI is InChI=1S/C51H51N7O4/c1-6-20-44-45(50(60)62-8-3)46(35(4)5)57-48(43(33-52-57)49(59)61-7-2)56(44)34-36-29-31-37(32-30-36)41-27-18-19-28-42(41)47-53-54-55-58(47)51(38-21-12-9-13-22-38,39-23-14-10-15-24-39)40-25-16-11-17-26-40/h9-19,21-33,35,46H,6-8,20,34H2,1-5H3. The molecule has 7 aromatic rings. The van der Waals surface area contributed by atoms with Gasteiger partial charge in [0.1, 0.15) is 16.9 Å². The maximum atomic E-state index is 13.9. The number of hydrogen-bond acceptors (Lipinski definition) is 9. The second-order valence-electron chi connectivity index (χ2n) is 15.6. The van der Waals surface area contributed by atoms with Crippen molar-refractivity contribution in [1.29, 1.82) is 0 Å². The van der Waals surface area contributed by atoms with Gasteiger partial charge >= 0.3 is 11.9 Å². The van der Waals surface area contributed by atoms with E-state index in [2.05, 4.69) is 104 Å². The molecule has 0 bridgehead atoms. The third-order valence-corrected chi connectivity index (χ3v) is 11.5. The fourth-order valence-corrected chi connectivity index (χ4v) is 8.88. The Labute approximate surface area is 362 Å². The SMILES string of the molecule is CCCC1=C(C(=O)OCC)C(C(C)C)n2ncc(C(=O)OCC)c2N1Cc1ccc(-c2ccccc2-c2nnnn2C(c2ccccc2)(c2ccccc2)c2ccccc2)cc1. The van der Waals surface area contributed by atoms with Crippen molar-refractivity contribution < 1.29 is 19.1 Å². The minimum atomic E-state index is -0.913. The van der Waals surface area contributed by atoms with Crippen LogP contribution < -0.4 is 4.90 Å². The molecule has 0 saturated carbocycles. The summed E-state index contributed by atoms with van der Waals surface area (Å²) >= 11 is 0. The van der Waals surface area contributed by atoms with Crippen LogP contribution in [0.5, 0.6) is 0 Å². The number of rotatable bonds is 15. The number of ether oxygens (including phenoxy) is 2. The predicted molar refractivity (Wildman–Crippen MR) is 240 cm³/mol. The van der Waals surface area contributed by atoms with Crippen molar-refractivity contribution in [3.8, 4) is 22.5 Å². The highest BCUT2D eigenvalue weighted by atomic mass is 16.5. The Hall–Kier alpha value is -7.14. The molecule has 0 spiro atoms. The van der Waals surface area contributed by atoms with E-state index in [0.717, 1.165) is 51.1 Å². The lowest BCUT2D eigenvalue weighted by Crippen LogP contribution is -2.39. The molecule has 5 aromatic carbocycles. The molecule has 314 valence electrons. The number of allylic oxidation sites excluding steroid dienone is 1. The summed E-state index contributed by atoms with van der Waals surface area (Å²) in [6.07, 6.45) is 2.93. The van der Waals surface area contributed by atoms with Gasteiger partial charge in [0, 0.05) is 17.8 Å². The first kappa shape index (κ1) is 41.6. The van der Waals surface area contributed by atoms with Gasteiger partial charge in [0.15, 0.2) is 5.82 Å². The second kappa shape index (κ2) is 18.2. The molecule has 0 fully saturated rings. The Kier molecular flexibility index (Phi) is 12.2. The molecule has 2 aromatic heterocycles. The Morgan fingerprint density at radius 2 is 1.24 bits per heavy atom. The van der Waals surface area contributed by atoms with Crippen LogP contribution in [0.3, 0.4) is 0 Å². The average molecular weight is 826 g/mol. The molecule has 1 atom stereocenters. The minimum Gasteiger partial charge on any atom is -0.463 e. The number of esters is 2. The van der Waals surface area contributed by atoms with Crippen LogP contribution in [0.1, 0.15) is 86.1 Å². The molecule has 8 rings (SSSR count). The summed E-state index contributed by atoms with van der Waals surface area (Å²) in [5.41, 5.74) is 7.63. The van der Waals surface area contributed by atoms with Gasteiger partial charge in [0.2, 0.25) is 0 Å². The zero-order valence-electron chi connectivity index (χ0n) is 35.8. The van der Waals surface area contributed by atoms with Crippen molar-refractivity contribution in [3.63, 3.8) is 0 Å². The van der Waals surface area contributed by atoms with E-state index in [0.29, 0.717) is 35.7 Å². The summed E-state index contributed by atoms with van der Waals surface area (Å²) < 4.78 is 15.0. The fraction of sp³-hybridized carbons (Fsp3) is 0.255. The number of anilines is 1. The van der Waals surface area contributed by atoms with Crippen LogP contribution >= 0.6 is 0 Å². The van der Waals surface area contributed by atoms with Gasteiger partial charge in [-0.05, 0) is 70.0 Å². The van der Waals surface area contributed by atoms with E-state index in [1.165, 1.54) is 0 Å². The van der Waals surface area contributed by atoms with Crippen molar-refractivity contribution in [2.45, 2.75) is 65.6 Å². The molecule has 11 heteroatoms. The van der Waals surface area contributed by atoms with Gasteiger partial charge in [-0.1, -0.05) is 167 Å². The van der Waals surface area contributed by atoms with Gasteiger partial charge < -0.3 is 14.4 Å². The third kappa shape index (κ3) is 7.48. The van der Waals surface area contributed by atoms with Gasteiger partial charge in [-0.2, -0.15) is 5.10 Å². The molecule has 0 saturated heterocycles. The van der Waals surface area contributed by atoms with Crippen LogP contribution in [0.4, 0.5) is 5.82 Å². The van der Waals surface area contributed by atoms with Gasteiger partial charge in [-0.25, -0.2) is 19.0 Å². The van der Waals surface area contributed by atoms with E-state index >= 15 is 0 Å². The lowest BCUT2D eigenvalue weighted by Gasteiger charge is -2.39. The molecule has 1 unspecified atom stereocenters. The zero-order chi connectivity index (χ0) is 43.2. The third-order valence-electron chi connectivity index (χ3n) is 11.5. The van der Waals surface area contributed by atoms with E-state index in [4.69, 9.17) is 24.9 Å². The highest BCUT2D eigenvalue weighted by molar-refractivity contribution is 5.98.